The molecule has 0 fully saturated rings. The van der Waals surface area contributed by atoms with Gasteiger partial charge in [0, 0.05) is 29.3 Å². The Morgan fingerprint density at radius 2 is 2.24 bits per heavy atom. The lowest BCUT2D eigenvalue weighted by molar-refractivity contribution is 0.218. The van der Waals surface area contributed by atoms with Crippen LogP contribution in [0.3, 0.4) is 0 Å². The number of hydrogen-bond donors (Lipinski definition) is 1. The summed E-state index contributed by atoms with van der Waals surface area (Å²) in [6.07, 6.45) is 1.14. The normalized spacial score (nSPS) is 10.8. The van der Waals surface area contributed by atoms with Crippen LogP contribution in [0.25, 0.3) is 0 Å². The lowest BCUT2D eigenvalue weighted by Crippen LogP contribution is -2.14. The molecular formula is C13H20ClNOS. The highest BCUT2D eigenvalue weighted by Gasteiger charge is 2.06. The van der Waals surface area contributed by atoms with Gasteiger partial charge in [0.1, 0.15) is 0 Å². The number of methoxy groups -OCH3 is 1. The molecule has 4 heteroatoms. The predicted molar refractivity (Wildman–Crippen MR) is 76.0 cm³/mol. The molecule has 0 heterocycles. The van der Waals surface area contributed by atoms with Crippen molar-refractivity contribution >= 4 is 23.4 Å². The maximum absolute atomic E-state index is 6.24. The third-order valence-electron chi connectivity index (χ3n) is 2.35. The minimum Gasteiger partial charge on any atom is -0.384 e. The summed E-state index contributed by atoms with van der Waals surface area (Å²) in [5, 5.41) is 4.24. The zero-order chi connectivity index (χ0) is 12.5. The Morgan fingerprint density at radius 3 is 2.94 bits per heavy atom. The smallest absolute Gasteiger partial charge is 0.0556 e. The van der Waals surface area contributed by atoms with Crippen molar-refractivity contribution in [2.45, 2.75) is 24.8 Å². The van der Waals surface area contributed by atoms with E-state index in [1.807, 2.05) is 12.1 Å². The molecule has 0 aliphatic carbocycles. The van der Waals surface area contributed by atoms with Crippen LogP contribution in [0.5, 0.6) is 0 Å². The molecule has 0 aromatic heterocycles. The maximum Gasteiger partial charge on any atom is 0.0556 e. The van der Waals surface area contributed by atoms with Crippen molar-refractivity contribution in [2.75, 3.05) is 26.0 Å². The molecule has 0 saturated heterocycles. The van der Waals surface area contributed by atoms with Crippen LogP contribution in [0, 0.1) is 0 Å². The summed E-state index contributed by atoms with van der Waals surface area (Å²) >= 11 is 8.03. The van der Waals surface area contributed by atoms with Gasteiger partial charge in [0.25, 0.3) is 0 Å². The highest BCUT2D eigenvalue weighted by atomic mass is 35.5. The van der Waals surface area contributed by atoms with Gasteiger partial charge in [-0.05, 0) is 30.7 Å². The van der Waals surface area contributed by atoms with Crippen LogP contribution in [0.15, 0.2) is 23.1 Å². The lowest BCUT2D eigenvalue weighted by atomic mass is 10.2. The van der Waals surface area contributed by atoms with Crippen molar-refractivity contribution in [2.24, 2.45) is 0 Å². The van der Waals surface area contributed by atoms with E-state index >= 15 is 0 Å². The summed E-state index contributed by atoms with van der Waals surface area (Å²) in [5.41, 5.74) is 1.20. The van der Waals surface area contributed by atoms with Gasteiger partial charge in [0.2, 0.25) is 0 Å². The van der Waals surface area contributed by atoms with E-state index in [0.29, 0.717) is 0 Å². The van der Waals surface area contributed by atoms with Gasteiger partial charge in [-0.25, -0.2) is 0 Å². The quantitative estimate of drug-likeness (QED) is 0.578. The number of nitrogens with one attached hydrogen (secondary N) is 1. The molecule has 96 valence electrons. The Hall–Kier alpha value is -0.220. The van der Waals surface area contributed by atoms with Crippen LogP contribution < -0.4 is 5.32 Å². The second-order valence-electron chi connectivity index (χ2n) is 3.73. The van der Waals surface area contributed by atoms with Crippen molar-refractivity contribution in [1.29, 1.82) is 0 Å². The van der Waals surface area contributed by atoms with Gasteiger partial charge in [0.15, 0.2) is 0 Å². The molecule has 17 heavy (non-hydrogen) atoms. The molecule has 2 nitrogen and oxygen atoms in total. The average Bonchev–Trinajstić information content (AvgIpc) is 2.33. The van der Waals surface area contributed by atoms with E-state index in [9.17, 15) is 0 Å². The summed E-state index contributed by atoms with van der Waals surface area (Å²) in [5.74, 6) is 0.956. The van der Waals surface area contributed by atoms with E-state index in [-0.39, 0.29) is 0 Å². The van der Waals surface area contributed by atoms with Gasteiger partial charge in [-0.2, -0.15) is 0 Å². The first-order chi connectivity index (χ1) is 8.29. The van der Waals surface area contributed by atoms with Crippen LogP contribution >= 0.6 is 23.4 Å². The summed E-state index contributed by atoms with van der Waals surface area (Å²) in [6, 6.07) is 6.07. The van der Waals surface area contributed by atoms with Crippen LogP contribution in [-0.2, 0) is 11.3 Å². The van der Waals surface area contributed by atoms with Crippen LogP contribution in [0.2, 0.25) is 5.02 Å². The molecule has 1 rings (SSSR count). The molecule has 1 aromatic rings. The molecule has 1 aromatic carbocycles. The standard InChI is InChI=1S/C13H20ClNOS/c1-3-7-15-10-11-12(14)5-4-6-13(11)17-9-8-16-2/h4-6,15H,3,7-10H2,1-2H3. The minimum atomic E-state index is 0.763. The molecule has 0 aliphatic rings. The number of halogens is 1. The molecule has 0 spiro atoms. The highest BCUT2D eigenvalue weighted by molar-refractivity contribution is 7.99. The van der Waals surface area contributed by atoms with E-state index in [1.165, 1.54) is 10.5 Å². The zero-order valence-corrected chi connectivity index (χ0v) is 12.0. The molecule has 0 unspecified atom stereocenters. The van der Waals surface area contributed by atoms with Gasteiger partial charge >= 0.3 is 0 Å². The van der Waals surface area contributed by atoms with Crippen molar-refractivity contribution in [3.8, 4) is 0 Å². The third-order valence-corrected chi connectivity index (χ3v) is 3.77. The fourth-order valence-electron chi connectivity index (χ4n) is 1.47. The molecule has 1 N–H and O–H groups in total. The molecule has 0 atom stereocenters. The van der Waals surface area contributed by atoms with E-state index in [2.05, 4.69) is 18.3 Å². The number of benzene rings is 1. The highest BCUT2D eigenvalue weighted by Crippen LogP contribution is 2.28. The first-order valence-corrected chi connectivity index (χ1v) is 7.25. The second kappa shape index (κ2) is 8.81. The van der Waals surface area contributed by atoms with Crippen LogP contribution in [0.4, 0.5) is 0 Å². The van der Waals surface area contributed by atoms with E-state index in [0.717, 1.165) is 36.9 Å². The second-order valence-corrected chi connectivity index (χ2v) is 5.28. The number of ether oxygens (including phenoxy) is 1. The summed E-state index contributed by atoms with van der Waals surface area (Å²) in [4.78, 5) is 1.25. The molecule has 0 aliphatic heterocycles. The van der Waals surface area contributed by atoms with E-state index < -0.39 is 0 Å². The first-order valence-electron chi connectivity index (χ1n) is 5.89. The van der Waals surface area contributed by atoms with E-state index in [1.54, 1.807) is 18.9 Å². The SMILES string of the molecule is CCCNCc1c(Cl)cccc1SCCOC. The van der Waals surface area contributed by atoms with Gasteiger partial charge in [-0.1, -0.05) is 24.6 Å². The number of rotatable bonds is 8. The Balaban J connectivity index is 2.63. The van der Waals surface area contributed by atoms with E-state index in [4.69, 9.17) is 16.3 Å². The predicted octanol–water partition coefficient (Wildman–Crippen LogP) is 3.58. The largest absolute Gasteiger partial charge is 0.384 e. The molecular weight excluding hydrogens is 254 g/mol. The molecule has 0 radical (unpaired) electrons. The fourth-order valence-corrected chi connectivity index (χ4v) is 2.77. The Morgan fingerprint density at radius 1 is 1.41 bits per heavy atom. The van der Waals surface area contributed by atoms with Crippen molar-refractivity contribution < 1.29 is 4.74 Å². The summed E-state index contributed by atoms with van der Waals surface area (Å²) < 4.78 is 5.06. The number of hydrogen-bond acceptors (Lipinski definition) is 3. The van der Waals surface area contributed by atoms with Gasteiger partial charge in [-0.15, -0.1) is 11.8 Å². The number of thioether (sulfide) groups is 1. The average molecular weight is 274 g/mol. The van der Waals surface area contributed by atoms with Gasteiger partial charge < -0.3 is 10.1 Å². The van der Waals surface area contributed by atoms with Gasteiger partial charge in [-0.3, -0.25) is 0 Å². The monoisotopic (exact) mass is 273 g/mol. The fraction of sp³-hybridized carbons (Fsp3) is 0.538. The molecule has 0 amide bonds. The van der Waals surface area contributed by atoms with Crippen LogP contribution in [0.1, 0.15) is 18.9 Å². The third kappa shape index (κ3) is 5.30. The summed E-state index contributed by atoms with van der Waals surface area (Å²) in [7, 11) is 1.72. The van der Waals surface area contributed by atoms with Crippen molar-refractivity contribution in [3.63, 3.8) is 0 Å². The first kappa shape index (κ1) is 14.8. The topological polar surface area (TPSA) is 21.3 Å². The Bertz CT molecular complexity index is 333. The van der Waals surface area contributed by atoms with Gasteiger partial charge in [0.05, 0.1) is 6.61 Å². The molecule has 0 saturated carbocycles. The summed E-state index contributed by atoms with van der Waals surface area (Å²) in [6.45, 7) is 4.78. The van der Waals surface area contributed by atoms with Crippen molar-refractivity contribution in [1.82, 2.24) is 5.32 Å². The lowest BCUT2D eigenvalue weighted by Gasteiger charge is -2.11. The molecule has 0 bridgehead atoms. The maximum atomic E-state index is 6.24. The van der Waals surface area contributed by atoms with Crippen molar-refractivity contribution in [3.05, 3.63) is 28.8 Å². The Labute approximate surface area is 113 Å². The Kier molecular flexibility index (Phi) is 7.69. The zero-order valence-electron chi connectivity index (χ0n) is 10.5. The van der Waals surface area contributed by atoms with Crippen LogP contribution in [-0.4, -0.2) is 26.0 Å². The minimum absolute atomic E-state index is 0.763.